The molecule has 2 atom stereocenters. The third-order valence-electron chi connectivity index (χ3n) is 4.06. The Morgan fingerprint density at radius 1 is 1.22 bits per heavy atom. The maximum absolute atomic E-state index is 11.1. The van der Waals surface area contributed by atoms with E-state index in [1.807, 2.05) is 36.4 Å². The first-order chi connectivity index (χ1) is 8.73. The molecule has 2 bridgehead atoms. The highest BCUT2D eigenvalue weighted by Crippen LogP contribution is 2.51. The van der Waals surface area contributed by atoms with Crippen LogP contribution >= 0.6 is 0 Å². The molecule has 1 aromatic heterocycles. The van der Waals surface area contributed by atoms with Gasteiger partial charge in [-0.05, 0) is 11.6 Å². The molecule has 4 heteroatoms. The van der Waals surface area contributed by atoms with Crippen molar-refractivity contribution >= 4 is 0 Å². The number of nitrogens with zero attached hydrogens (tertiary/aromatic N) is 2. The molecule has 0 fully saturated rings. The molecule has 90 valence electrons. The summed E-state index contributed by atoms with van der Waals surface area (Å²) in [4.78, 5) is 4.38. The summed E-state index contributed by atoms with van der Waals surface area (Å²) in [6.07, 6.45) is 2.50. The molecule has 2 unspecified atom stereocenters. The largest absolute Gasteiger partial charge is 0.366 e. The van der Waals surface area contributed by atoms with Crippen LogP contribution < -0.4 is 5.84 Å². The van der Waals surface area contributed by atoms with Crippen LogP contribution in [0.2, 0.25) is 0 Å². The zero-order valence-corrected chi connectivity index (χ0v) is 9.74. The molecule has 0 aliphatic carbocycles. The van der Waals surface area contributed by atoms with E-state index in [4.69, 9.17) is 5.84 Å². The lowest BCUT2D eigenvalue weighted by Crippen LogP contribution is -2.51. The Kier molecular flexibility index (Phi) is 1.80. The van der Waals surface area contributed by atoms with Gasteiger partial charge in [0.2, 0.25) is 0 Å². The van der Waals surface area contributed by atoms with Crippen LogP contribution in [-0.2, 0) is 12.1 Å². The molecular weight excluding hydrogens is 226 g/mol. The third kappa shape index (κ3) is 0.991. The molecule has 4 rings (SSSR count). The van der Waals surface area contributed by atoms with Gasteiger partial charge in [0.15, 0.2) is 5.72 Å². The van der Waals surface area contributed by atoms with Gasteiger partial charge >= 0.3 is 0 Å². The van der Waals surface area contributed by atoms with Gasteiger partial charge in [-0.3, -0.25) is 10.8 Å². The number of fused-ring (bicyclic) bond motifs is 7. The fourth-order valence-electron chi connectivity index (χ4n) is 3.21. The molecule has 1 aromatic carbocycles. The second-order valence-corrected chi connectivity index (χ2v) is 4.88. The van der Waals surface area contributed by atoms with Crippen LogP contribution in [-0.4, -0.2) is 15.1 Å². The highest BCUT2D eigenvalue weighted by Gasteiger charge is 2.53. The average Bonchev–Trinajstić information content (AvgIpc) is 2.56. The Morgan fingerprint density at radius 2 is 2.00 bits per heavy atom. The predicted molar refractivity (Wildman–Crippen MR) is 66.1 cm³/mol. The Hall–Kier alpha value is -1.75. The molecule has 2 aliphatic rings. The molecule has 0 amide bonds. The number of aromatic nitrogens is 1. The van der Waals surface area contributed by atoms with E-state index in [1.54, 1.807) is 11.2 Å². The predicted octanol–water partition coefficient (Wildman–Crippen LogP) is 1.06. The maximum atomic E-state index is 11.1. The molecule has 18 heavy (non-hydrogen) atoms. The van der Waals surface area contributed by atoms with Crippen molar-refractivity contribution in [1.29, 1.82) is 0 Å². The molecule has 0 saturated heterocycles. The van der Waals surface area contributed by atoms with Crippen LogP contribution in [0.4, 0.5) is 0 Å². The molecule has 3 N–H and O–H groups in total. The zero-order chi connectivity index (χ0) is 12.3. The summed E-state index contributed by atoms with van der Waals surface area (Å²) in [7, 11) is 0. The van der Waals surface area contributed by atoms with Gasteiger partial charge < -0.3 is 5.11 Å². The van der Waals surface area contributed by atoms with Crippen molar-refractivity contribution in [3.63, 3.8) is 0 Å². The Balaban J connectivity index is 2.08. The van der Waals surface area contributed by atoms with Gasteiger partial charge in [-0.2, -0.15) is 0 Å². The van der Waals surface area contributed by atoms with Crippen molar-refractivity contribution < 1.29 is 5.11 Å². The van der Waals surface area contributed by atoms with E-state index < -0.39 is 5.72 Å². The standard InChI is InChI=1S/C14H13N3O/c15-17-13-8-12-11(6-3-7-16-12)14(17,18)10-5-2-1-4-9(10)13/h1-7,13,18H,8,15H2. The lowest BCUT2D eigenvalue weighted by Gasteiger charge is -2.38. The quantitative estimate of drug-likeness (QED) is 0.675. The minimum atomic E-state index is -1.23. The van der Waals surface area contributed by atoms with Crippen LogP contribution in [0.15, 0.2) is 42.6 Å². The first-order valence-corrected chi connectivity index (χ1v) is 6.03. The van der Waals surface area contributed by atoms with Crippen LogP contribution in [0.5, 0.6) is 0 Å². The van der Waals surface area contributed by atoms with Crippen molar-refractivity contribution in [2.24, 2.45) is 5.84 Å². The maximum Gasteiger partial charge on any atom is 0.186 e. The number of aliphatic hydroxyl groups is 1. The van der Waals surface area contributed by atoms with Gasteiger partial charge in [0.1, 0.15) is 0 Å². The molecule has 0 spiro atoms. The Labute approximate surface area is 105 Å². The molecule has 4 nitrogen and oxygen atoms in total. The van der Waals surface area contributed by atoms with Gasteiger partial charge in [-0.1, -0.05) is 30.3 Å². The number of hydrogen-bond donors (Lipinski definition) is 2. The summed E-state index contributed by atoms with van der Waals surface area (Å²) < 4.78 is 0. The summed E-state index contributed by atoms with van der Waals surface area (Å²) >= 11 is 0. The number of nitrogens with two attached hydrogens (primary N) is 1. The smallest absolute Gasteiger partial charge is 0.186 e. The summed E-state index contributed by atoms with van der Waals surface area (Å²) in [6, 6.07) is 11.6. The topological polar surface area (TPSA) is 62.4 Å². The Morgan fingerprint density at radius 3 is 2.89 bits per heavy atom. The fraction of sp³-hybridized carbons (Fsp3) is 0.214. The van der Waals surface area contributed by atoms with Crippen molar-refractivity contribution in [1.82, 2.24) is 9.99 Å². The number of benzene rings is 1. The van der Waals surface area contributed by atoms with E-state index >= 15 is 0 Å². The molecule has 3 heterocycles. The van der Waals surface area contributed by atoms with E-state index in [2.05, 4.69) is 4.98 Å². The molecule has 2 aliphatic heterocycles. The minimum Gasteiger partial charge on any atom is -0.366 e. The second kappa shape index (κ2) is 3.17. The normalized spacial score (nSPS) is 28.9. The zero-order valence-electron chi connectivity index (χ0n) is 9.74. The monoisotopic (exact) mass is 239 g/mol. The molecule has 0 saturated carbocycles. The van der Waals surface area contributed by atoms with Gasteiger partial charge in [-0.15, -0.1) is 0 Å². The Bertz CT molecular complexity index is 629. The number of hydrazine groups is 1. The van der Waals surface area contributed by atoms with Crippen molar-refractivity contribution in [2.75, 3.05) is 0 Å². The van der Waals surface area contributed by atoms with E-state index in [1.165, 1.54) is 0 Å². The van der Waals surface area contributed by atoms with Crippen LogP contribution in [0.25, 0.3) is 0 Å². The summed E-state index contributed by atoms with van der Waals surface area (Å²) in [5.74, 6) is 6.14. The SMILES string of the molecule is NN1C2Cc3ncccc3C1(O)c1ccccc12. The van der Waals surface area contributed by atoms with Gasteiger partial charge in [0.05, 0.1) is 11.7 Å². The highest BCUT2D eigenvalue weighted by molar-refractivity contribution is 5.50. The number of hydrogen-bond acceptors (Lipinski definition) is 4. The van der Waals surface area contributed by atoms with Gasteiger partial charge in [0.25, 0.3) is 0 Å². The van der Waals surface area contributed by atoms with E-state index in [-0.39, 0.29) is 6.04 Å². The lowest BCUT2D eigenvalue weighted by molar-refractivity contribution is -0.0977. The second-order valence-electron chi connectivity index (χ2n) is 4.88. The summed E-state index contributed by atoms with van der Waals surface area (Å²) in [6.45, 7) is 0. The lowest BCUT2D eigenvalue weighted by atomic mass is 9.93. The van der Waals surface area contributed by atoms with Crippen LogP contribution in [0.1, 0.15) is 28.4 Å². The van der Waals surface area contributed by atoms with Gasteiger partial charge in [0, 0.05) is 23.7 Å². The van der Waals surface area contributed by atoms with Crippen LogP contribution in [0, 0.1) is 0 Å². The molecule has 2 aromatic rings. The number of pyridine rings is 1. The van der Waals surface area contributed by atoms with Crippen molar-refractivity contribution in [3.8, 4) is 0 Å². The van der Waals surface area contributed by atoms with E-state index in [9.17, 15) is 5.11 Å². The van der Waals surface area contributed by atoms with E-state index in [0.717, 1.165) is 28.8 Å². The first-order valence-electron chi connectivity index (χ1n) is 6.03. The average molecular weight is 239 g/mol. The first kappa shape index (κ1) is 10.2. The van der Waals surface area contributed by atoms with Gasteiger partial charge in [-0.25, -0.2) is 5.01 Å². The van der Waals surface area contributed by atoms with E-state index in [0.29, 0.717) is 0 Å². The molecule has 0 radical (unpaired) electrons. The summed E-state index contributed by atoms with van der Waals surface area (Å²) in [5, 5.41) is 12.6. The molecular formula is C14H13N3O. The van der Waals surface area contributed by atoms with Crippen LogP contribution in [0.3, 0.4) is 0 Å². The number of rotatable bonds is 0. The third-order valence-corrected chi connectivity index (χ3v) is 4.06. The summed E-state index contributed by atoms with van der Waals surface area (Å²) in [5.41, 5.74) is 2.48. The highest BCUT2D eigenvalue weighted by atomic mass is 16.3. The fourth-order valence-corrected chi connectivity index (χ4v) is 3.21. The van der Waals surface area contributed by atoms with Crippen molar-refractivity contribution in [2.45, 2.75) is 18.2 Å². The minimum absolute atomic E-state index is 0.00796. The van der Waals surface area contributed by atoms with Crippen molar-refractivity contribution in [3.05, 3.63) is 65.0 Å².